The van der Waals surface area contributed by atoms with Gasteiger partial charge < -0.3 is 4.90 Å². The summed E-state index contributed by atoms with van der Waals surface area (Å²) < 4.78 is 0. The molecule has 19 heavy (non-hydrogen) atoms. The monoisotopic (exact) mass is 279 g/mol. The van der Waals surface area contributed by atoms with Crippen molar-refractivity contribution in [3.63, 3.8) is 0 Å². The molecule has 0 bridgehead atoms. The molecular weight excluding hydrogens is 258 g/mol. The van der Waals surface area contributed by atoms with E-state index in [4.69, 9.17) is 11.6 Å². The highest BCUT2D eigenvalue weighted by molar-refractivity contribution is 6.32. The lowest BCUT2D eigenvalue weighted by Gasteiger charge is -2.29. The molecule has 0 aliphatic rings. The molecule has 104 valence electrons. The van der Waals surface area contributed by atoms with Gasteiger partial charge in [-0.1, -0.05) is 29.8 Å². The summed E-state index contributed by atoms with van der Waals surface area (Å²) in [5, 5.41) is 0.671. The number of carbonyl (C=O) groups excluding carboxylic acids is 1. The van der Waals surface area contributed by atoms with Gasteiger partial charge in [0, 0.05) is 23.2 Å². The smallest absolute Gasteiger partial charge is 0.247 e. The zero-order valence-electron chi connectivity index (χ0n) is 12.3. The van der Waals surface area contributed by atoms with Crippen molar-refractivity contribution in [2.45, 2.75) is 46.7 Å². The number of amides is 1. The second-order valence-corrected chi connectivity index (χ2v) is 5.65. The van der Waals surface area contributed by atoms with Crippen LogP contribution in [0, 0.1) is 0 Å². The molecule has 0 heterocycles. The van der Waals surface area contributed by atoms with Gasteiger partial charge in [-0.15, -0.1) is 0 Å². The largest absolute Gasteiger partial charge is 0.334 e. The topological polar surface area (TPSA) is 20.3 Å². The summed E-state index contributed by atoms with van der Waals surface area (Å²) >= 11 is 6.14. The Balaban J connectivity index is 3.02. The van der Waals surface area contributed by atoms with E-state index in [-0.39, 0.29) is 18.0 Å². The van der Waals surface area contributed by atoms with Gasteiger partial charge in [0.1, 0.15) is 0 Å². The van der Waals surface area contributed by atoms with E-state index < -0.39 is 0 Å². The fourth-order valence-corrected chi connectivity index (χ4v) is 2.51. The molecule has 1 rings (SSSR count). The van der Waals surface area contributed by atoms with E-state index in [9.17, 15) is 4.79 Å². The van der Waals surface area contributed by atoms with Gasteiger partial charge in [0.2, 0.25) is 5.91 Å². The van der Waals surface area contributed by atoms with Crippen LogP contribution in [0.2, 0.25) is 5.02 Å². The number of nitrogens with zero attached hydrogens (tertiary/aromatic N) is 1. The summed E-state index contributed by atoms with van der Waals surface area (Å²) in [7, 11) is 0. The number of hydrogen-bond acceptors (Lipinski definition) is 1. The molecule has 2 nitrogen and oxygen atoms in total. The fraction of sp³-hybridized carbons (Fsp3) is 0.438. The minimum absolute atomic E-state index is 0.0300. The van der Waals surface area contributed by atoms with E-state index >= 15 is 0 Å². The normalized spacial score (nSPS) is 12.1. The number of halogens is 1. The van der Waals surface area contributed by atoms with E-state index in [1.807, 2.05) is 63.8 Å². The Morgan fingerprint density at radius 2 is 1.68 bits per heavy atom. The third-order valence-electron chi connectivity index (χ3n) is 3.01. The molecule has 0 aliphatic carbocycles. The zero-order chi connectivity index (χ0) is 14.6. The first-order chi connectivity index (χ1) is 8.84. The second kappa shape index (κ2) is 6.76. The van der Waals surface area contributed by atoms with Crippen molar-refractivity contribution < 1.29 is 4.79 Å². The highest BCUT2D eigenvalue weighted by Gasteiger charge is 2.18. The van der Waals surface area contributed by atoms with Crippen LogP contribution < -0.4 is 0 Å². The van der Waals surface area contributed by atoms with E-state index in [0.29, 0.717) is 5.02 Å². The molecule has 0 unspecified atom stereocenters. The molecule has 0 saturated heterocycles. The highest BCUT2D eigenvalue weighted by atomic mass is 35.5. The zero-order valence-corrected chi connectivity index (χ0v) is 13.0. The van der Waals surface area contributed by atoms with Crippen LogP contribution in [0.5, 0.6) is 0 Å². The Hall–Kier alpha value is -1.28. The lowest BCUT2D eigenvalue weighted by Crippen LogP contribution is -2.41. The van der Waals surface area contributed by atoms with Crippen LogP contribution in [0.25, 0.3) is 5.57 Å². The van der Waals surface area contributed by atoms with Crippen LogP contribution in [-0.2, 0) is 4.79 Å². The van der Waals surface area contributed by atoms with Gasteiger partial charge in [-0.05, 0) is 51.8 Å². The molecule has 0 N–H and O–H groups in total. The number of carbonyl (C=O) groups is 1. The van der Waals surface area contributed by atoms with Crippen LogP contribution >= 0.6 is 11.6 Å². The molecule has 0 atom stereocenters. The number of benzene rings is 1. The maximum absolute atomic E-state index is 12.3. The lowest BCUT2D eigenvalue weighted by atomic mass is 10.1. The predicted molar refractivity (Wildman–Crippen MR) is 82.2 cm³/mol. The van der Waals surface area contributed by atoms with Crippen LogP contribution in [0.15, 0.2) is 30.3 Å². The van der Waals surface area contributed by atoms with Crippen molar-refractivity contribution >= 4 is 23.1 Å². The van der Waals surface area contributed by atoms with E-state index in [1.165, 1.54) is 0 Å². The van der Waals surface area contributed by atoms with Gasteiger partial charge in [0.15, 0.2) is 0 Å². The first-order valence-electron chi connectivity index (χ1n) is 6.60. The summed E-state index contributed by atoms with van der Waals surface area (Å²) in [4.78, 5) is 14.2. The van der Waals surface area contributed by atoms with Crippen LogP contribution in [0.3, 0.4) is 0 Å². The standard InChI is InChI=1S/C16H22ClNO/c1-11(2)18(12(3)4)16(19)10-13(5)14-8-6-7-9-15(14)17/h6-12H,1-5H3/b13-10-. The van der Waals surface area contributed by atoms with Crippen LogP contribution in [0.4, 0.5) is 0 Å². The maximum Gasteiger partial charge on any atom is 0.247 e. The van der Waals surface area contributed by atoms with Crippen molar-refractivity contribution in [3.05, 3.63) is 40.9 Å². The highest BCUT2D eigenvalue weighted by Crippen LogP contribution is 2.23. The minimum Gasteiger partial charge on any atom is -0.334 e. The molecule has 0 radical (unpaired) electrons. The molecule has 0 saturated carbocycles. The van der Waals surface area contributed by atoms with Crippen molar-refractivity contribution in [2.75, 3.05) is 0 Å². The van der Waals surface area contributed by atoms with Gasteiger partial charge in [-0.3, -0.25) is 4.79 Å². The number of hydrogen-bond donors (Lipinski definition) is 0. The van der Waals surface area contributed by atoms with Crippen molar-refractivity contribution in [2.24, 2.45) is 0 Å². The molecule has 3 heteroatoms. The maximum atomic E-state index is 12.3. The van der Waals surface area contributed by atoms with Crippen molar-refractivity contribution in [1.29, 1.82) is 0 Å². The lowest BCUT2D eigenvalue weighted by molar-refractivity contribution is -0.129. The first kappa shape index (κ1) is 15.8. The number of rotatable bonds is 4. The Kier molecular flexibility index (Phi) is 5.61. The van der Waals surface area contributed by atoms with Crippen molar-refractivity contribution in [1.82, 2.24) is 4.90 Å². The molecule has 1 amide bonds. The molecule has 0 fully saturated rings. The van der Waals surface area contributed by atoms with Gasteiger partial charge in [-0.2, -0.15) is 0 Å². The van der Waals surface area contributed by atoms with Crippen LogP contribution in [-0.4, -0.2) is 22.9 Å². The fourth-order valence-electron chi connectivity index (χ4n) is 2.22. The van der Waals surface area contributed by atoms with Gasteiger partial charge in [-0.25, -0.2) is 0 Å². The average molecular weight is 280 g/mol. The SMILES string of the molecule is C/C(=C/C(=O)N(C(C)C)C(C)C)c1ccccc1Cl. The predicted octanol–water partition coefficient (Wildman–Crippen LogP) is 4.39. The Labute approximate surface area is 121 Å². The summed E-state index contributed by atoms with van der Waals surface area (Å²) in [6.45, 7) is 10.0. The third-order valence-corrected chi connectivity index (χ3v) is 3.34. The Bertz CT molecular complexity index is 469. The number of allylic oxidation sites excluding steroid dienone is 1. The summed E-state index contributed by atoms with van der Waals surface area (Å²) in [5.74, 6) is 0.0300. The summed E-state index contributed by atoms with van der Waals surface area (Å²) in [5.41, 5.74) is 1.80. The minimum atomic E-state index is 0.0300. The van der Waals surface area contributed by atoms with Crippen LogP contribution in [0.1, 0.15) is 40.2 Å². The molecule has 0 aromatic heterocycles. The quantitative estimate of drug-likeness (QED) is 0.749. The Morgan fingerprint density at radius 1 is 1.16 bits per heavy atom. The van der Waals surface area contributed by atoms with Gasteiger partial charge >= 0.3 is 0 Å². The summed E-state index contributed by atoms with van der Waals surface area (Å²) in [6.07, 6.45) is 1.67. The molecule has 1 aromatic carbocycles. The van der Waals surface area contributed by atoms with Gasteiger partial charge in [0.25, 0.3) is 0 Å². The summed E-state index contributed by atoms with van der Waals surface area (Å²) in [6, 6.07) is 7.93. The second-order valence-electron chi connectivity index (χ2n) is 5.24. The Morgan fingerprint density at radius 3 is 2.16 bits per heavy atom. The van der Waals surface area contributed by atoms with Gasteiger partial charge in [0.05, 0.1) is 0 Å². The molecule has 0 spiro atoms. The molecule has 1 aromatic rings. The third kappa shape index (κ3) is 4.10. The van der Waals surface area contributed by atoms with E-state index in [1.54, 1.807) is 6.08 Å². The average Bonchev–Trinajstić information content (AvgIpc) is 2.27. The molecule has 0 aliphatic heterocycles. The van der Waals surface area contributed by atoms with Crippen molar-refractivity contribution in [3.8, 4) is 0 Å². The molecular formula is C16H22ClNO. The van der Waals surface area contributed by atoms with E-state index in [0.717, 1.165) is 11.1 Å². The van der Waals surface area contributed by atoms with E-state index in [2.05, 4.69) is 0 Å². The first-order valence-corrected chi connectivity index (χ1v) is 6.98.